The second-order valence-electron chi connectivity index (χ2n) is 4.84. The maximum atomic E-state index is 12.2. The van der Waals surface area contributed by atoms with Crippen molar-refractivity contribution in [1.82, 2.24) is 20.6 Å². The number of carbonyl (C=O) groups excluding carboxylic acids is 3. The molecule has 2 N–H and O–H groups in total. The van der Waals surface area contributed by atoms with Gasteiger partial charge in [0.2, 0.25) is 0 Å². The van der Waals surface area contributed by atoms with Gasteiger partial charge in [0.25, 0.3) is 0 Å². The van der Waals surface area contributed by atoms with Crippen LogP contribution < -0.4 is 10.6 Å². The van der Waals surface area contributed by atoms with Crippen LogP contribution >= 0.6 is 0 Å². The number of hydrogen-bond donors (Lipinski definition) is 2. The van der Waals surface area contributed by atoms with Gasteiger partial charge in [-0.2, -0.15) is 0 Å². The molecule has 0 fully saturated rings. The molecule has 0 bridgehead atoms. The molecular weight excluding hydrogens is 316 g/mol. The minimum atomic E-state index is -0.709. The fourth-order valence-corrected chi connectivity index (χ4v) is 2.19. The Hall–Kier alpha value is -2.97. The number of nitrogens with zero attached hydrogens (tertiary/aromatic N) is 2. The SMILES string of the molecule is CCOC(=O)C1=C(COC(=O)c2cnccn2)NC(=O)N[C@@H]1CC. The molecule has 24 heavy (non-hydrogen) atoms. The maximum absolute atomic E-state index is 12.2. The number of nitrogens with one attached hydrogen (secondary N) is 2. The van der Waals surface area contributed by atoms with Crippen LogP contribution in [0.4, 0.5) is 4.79 Å². The lowest BCUT2D eigenvalue weighted by Crippen LogP contribution is -2.51. The van der Waals surface area contributed by atoms with Crippen molar-refractivity contribution in [2.75, 3.05) is 13.2 Å². The van der Waals surface area contributed by atoms with Crippen LogP contribution in [0.2, 0.25) is 0 Å². The summed E-state index contributed by atoms with van der Waals surface area (Å²) in [6.07, 6.45) is 4.54. The molecule has 9 heteroatoms. The van der Waals surface area contributed by atoms with E-state index >= 15 is 0 Å². The number of urea groups is 1. The molecule has 1 aliphatic rings. The van der Waals surface area contributed by atoms with Crippen LogP contribution in [0.5, 0.6) is 0 Å². The van der Waals surface area contributed by atoms with E-state index in [9.17, 15) is 14.4 Å². The van der Waals surface area contributed by atoms with Gasteiger partial charge in [0, 0.05) is 12.4 Å². The second-order valence-corrected chi connectivity index (χ2v) is 4.84. The minimum Gasteiger partial charge on any atom is -0.463 e. The normalized spacial score (nSPS) is 16.9. The predicted molar refractivity (Wildman–Crippen MR) is 81.7 cm³/mol. The van der Waals surface area contributed by atoms with E-state index in [1.807, 2.05) is 6.92 Å². The van der Waals surface area contributed by atoms with E-state index in [1.54, 1.807) is 6.92 Å². The minimum absolute atomic E-state index is 0.0306. The molecule has 2 rings (SSSR count). The predicted octanol–water partition coefficient (Wildman–Crippen LogP) is 0.542. The van der Waals surface area contributed by atoms with E-state index in [-0.39, 0.29) is 30.2 Å². The van der Waals surface area contributed by atoms with Crippen molar-refractivity contribution in [1.29, 1.82) is 0 Å². The van der Waals surface area contributed by atoms with Gasteiger partial charge >= 0.3 is 18.0 Å². The fraction of sp³-hybridized carbons (Fsp3) is 0.400. The average Bonchev–Trinajstić information content (AvgIpc) is 2.59. The Morgan fingerprint density at radius 3 is 2.62 bits per heavy atom. The third-order valence-electron chi connectivity index (χ3n) is 3.27. The van der Waals surface area contributed by atoms with Gasteiger partial charge in [-0.15, -0.1) is 0 Å². The van der Waals surface area contributed by atoms with Crippen LogP contribution in [0, 0.1) is 0 Å². The summed E-state index contributed by atoms with van der Waals surface area (Å²) in [5, 5.41) is 5.13. The number of aromatic nitrogens is 2. The largest absolute Gasteiger partial charge is 0.463 e. The van der Waals surface area contributed by atoms with E-state index in [2.05, 4.69) is 20.6 Å². The van der Waals surface area contributed by atoms with Crippen molar-refractivity contribution in [2.24, 2.45) is 0 Å². The number of carbonyl (C=O) groups is 3. The summed E-state index contributed by atoms with van der Waals surface area (Å²) in [5.41, 5.74) is 0.468. The Labute approximate surface area is 138 Å². The van der Waals surface area contributed by atoms with Crippen molar-refractivity contribution in [3.63, 3.8) is 0 Å². The first-order chi connectivity index (χ1) is 11.6. The van der Waals surface area contributed by atoms with Crippen molar-refractivity contribution in [2.45, 2.75) is 26.3 Å². The molecule has 0 aliphatic carbocycles. The molecule has 1 aromatic heterocycles. The lowest BCUT2D eigenvalue weighted by Gasteiger charge is -2.28. The van der Waals surface area contributed by atoms with Crippen LogP contribution in [-0.4, -0.2) is 47.2 Å². The van der Waals surface area contributed by atoms with Crippen LogP contribution in [-0.2, 0) is 14.3 Å². The Kier molecular flexibility index (Phi) is 5.83. The van der Waals surface area contributed by atoms with Gasteiger partial charge in [-0.05, 0) is 13.3 Å². The van der Waals surface area contributed by atoms with Crippen LogP contribution in [0.25, 0.3) is 0 Å². The molecule has 0 unspecified atom stereocenters. The quantitative estimate of drug-likeness (QED) is 0.729. The van der Waals surface area contributed by atoms with Crippen LogP contribution in [0.1, 0.15) is 30.8 Å². The van der Waals surface area contributed by atoms with E-state index in [0.29, 0.717) is 6.42 Å². The van der Waals surface area contributed by atoms with Gasteiger partial charge in [0.05, 0.1) is 30.1 Å². The molecule has 0 spiro atoms. The summed E-state index contributed by atoms with van der Waals surface area (Å²) in [5.74, 6) is -1.28. The molecule has 2 heterocycles. The van der Waals surface area contributed by atoms with Crippen LogP contribution in [0.3, 0.4) is 0 Å². The molecule has 1 aliphatic heterocycles. The topological polar surface area (TPSA) is 120 Å². The molecular formula is C15H18N4O5. The summed E-state index contributed by atoms with van der Waals surface area (Å²) in [6, 6.07) is -0.983. The summed E-state index contributed by atoms with van der Waals surface area (Å²) < 4.78 is 10.1. The van der Waals surface area contributed by atoms with E-state index < -0.39 is 24.0 Å². The molecule has 2 amide bonds. The summed E-state index contributed by atoms with van der Waals surface area (Å²) in [6.45, 7) is 3.41. The van der Waals surface area contributed by atoms with Gasteiger partial charge in [-0.1, -0.05) is 6.92 Å². The van der Waals surface area contributed by atoms with Crippen LogP contribution in [0.15, 0.2) is 29.9 Å². The Balaban J connectivity index is 2.19. The van der Waals surface area contributed by atoms with E-state index in [4.69, 9.17) is 9.47 Å². The summed E-state index contributed by atoms with van der Waals surface area (Å²) >= 11 is 0. The lowest BCUT2D eigenvalue weighted by molar-refractivity contribution is -0.139. The Morgan fingerprint density at radius 2 is 2.00 bits per heavy atom. The standard InChI is InChI=1S/C15H18N4O5/c1-3-9-12(14(21)23-4-2)11(19-15(22)18-9)8-24-13(20)10-7-16-5-6-17-10/h5-7,9H,3-4,8H2,1-2H3,(H2,18,19,22)/t9-/m1/s1. The molecule has 1 aromatic rings. The Morgan fingerprint density at radius 1 is 1.21 bits per heavy atom. The zero-order chi connectivity index (χ0) is 17.5. The van der Waals surface area contributed by atoms with Gasteiger partial charge in [0.1, 0.15) is 6.61 Å². The van der Waals surface area contributed by atoms with Crippen molar-refractivity contribution in [3.05, 3.63) is 35.6 Å². The zero-order valence-corrected chi connectivity index (χ0v) is 13.4. The van der Waals surface area contributed by atoms with Gasteiger partial charge in [-0.3, -0.25) is 4.98 Å². The third-order valence-corrected chi connectivity index (χ3v) is 3.27. The first kappa shape index (κ1) is 17.4. The van der Waals surface area contributed by atoms with Crippen molar-refractivity contribution >= 4 is 18.0 Å². The number of amides is 2. The third kappa shape index (κ3) is 4.06. The second kappa shape index (κ2) is 8.04. The maximum Gasteiger partial charge on any atom is 0.358 e. The molecule has 0 saturated heterocycles. The number of esters is 2. The molecule has 128 valence electrons. The average molecular weight is 334 g/mol. The molecule has 1 atom stereocenters. The molecule has 0 radical (unpaired) electrons. The lowest BCUT2D eigenvalue weighted by atomic mass is 10.0. The van der Waals surface area contributed by atoms with Crippen molar-refractivity contribution < 1.29 is 23.9 Å². The monoisotopic (exact) mass is 334 g/mol. The number of hydrogen-bond acceptors (Lipinski definition) is 7. The number of ether oxygens (including phenoxy) is 2. The summed E-state index contributed by atoms with van der Waals surface area (Å²) in [4.78, 5) is 43.4. The highest BCUT2D eigenvalue weighted by Crippen LogP contribution is 2.17. The molecule has 0 aromatic carbocycles. The zero-order valence-electron chi connectivity index (χ0n) is 13.4. The van der Waals surface area contributed by atoms with E-state index in [1.165, 1.54) is 18.6 Å². The first-order valence-corrected chi connectivity index (χ1v) is 7.47. The number of rotatable bonds is 6. The van der Waals surface area contributed by atoms with Gasteiger partial charge in [-0.25, -0.2) is 19.4 Å². The molecule has 9 nitrogen and oxygen atoms in total. The van der Waals surface area contributed by atoms with E-state index in [0.717, 1.165) is 0 Å². The van der Waals surface area contributed by atoms with Crippen molar-refractivity contribution in [3.8, 4) is 0 Å². The highest BCUT2D eigenvalue weighted by atomic mass is 16.5. The first-order valence-electron chi connectivity index (χ1n) is 7.47. The van der Waals surface area contributed by atoms with Gasteiger partial charge in [0.15, 0.2) is 5.69 Å². The Bertz CT molecular complexity index is 659. The summed E-state index contributed by atoms with van der Waals surface area (Å²) in [7, 11) is 0. The molecule has 0 saturated carbocycles. The fourth-order valence-electron chi connectivity index (χ4n) is 2.19. The highest BCUT2D eigenvalue weighted by molar-refractivity contribution is 5.95. The smallest absolute Gasteiger partial charge is 0.358 e. The highest BCUT2D eigenvalue weighted by Gasteiger charge is 2.32. The van der Waals surface area contributed by atoms with Gasteiger partial charge < -0.3 is 20.1 Å².